The van der Waals surface area contributed by atoms with Gasteiger partial charge in [0.25, 0.3) is 0 Å². The van der Waals surface area contributed by atoms with Crippen molar-refractivity contribution in [2.45, 2.75) is 6.92 Å². The number of anilines is 2. The first-order chi connectivity index (χ1) is 10.1. The van der Waals surface area contributed by atoms with Gasteiger partial charge in [-0.1, -0.05) is 30.4 Å². The molecule has 5 heteroatoms. The molecule has 0 radical (unpaired) electrons. The van der Waals surface area contributed by atoms with Crippen LogP contribution in [0, 0.1) is 6.92 Å². The molecule has 0 saturated carbocycles. The van der Waals surface area contributed by atoms with Crippen molar-refractivity contribution < 1.29 is 0 Å². The minimum absolute atomic E-state index is 0.361. The van der Waals surface area contributed by atoms with E-state index >= 15 is 0 Å². The first-order valence-electron chi connectivity index (χ1n) is 6.53. The summed E-state index contributed by atoms with van der Waals surface area (Å²) in [5, 5.41) is 4.37. The van der Waals surface area contributed by atoms with Crippen LogP contribution in [0.15, 0.2) is 48.7 Å². The number of aromatic nitrogens is 2. The molecule has 3 rings (SSSR count). The highest BCUT2D eigenvalue weighted by Crippen LogP contribution is 2.24. The molecule has 0 unspecified atom stereocenters. The standard InChI is InChI=1S/C16H14N4S/c1-10-8-12(16(17)21)9-14(19-10)20-13-6-2-4-11-5-3-7-18-15(11)13/h2-9H,1H3,(H2,17,21)(H,19,20). The van der Waals surface area contributed by atoms with Gasteiger partial charge in [-0.3, -0.25) is 4.98 Å². The van der Waals surface area contributed by atoms with Gasteiger partial charge >= 0.3 is 0 Å². The first-order valence-corrected chi connectivity index (χ1v) is 6.93. The van der Waals surface area contributed by atoms with E-state index in [1.807, 2.05) is 49.4 Å². The van der Waals surface area contributed by atoms with Crippen molar-refractivity contribution >= 4 is 39.6 Å². The Morgan fingerprint density at radius 2 is 2.00 bits per heavy atom. The second kappa shape index (κ2) is 5.46. The van der Waals surface area contributed by atoms with E-state index in [4.69, 9.17) is 18.0 Å². The van der Waals surface area contributed by atoms with Gasteiger partial charge < -0.3 is 11.1 Å². The van der Waals surface area contributed by atoms with E-state index in [1.165, 1.54) is 0 Å². The third kappa shape index (κ3) is 2.83. The van der Waals surface area contributed by atoms with Crippen molar-refractivity contribution in [1.29, 1.82) is 0 Å². The van der Waals surface area contributed by atoms with Crippen LogP contribution in [-0.4, -0.2) is 15.0 Å². The van der Waals surface area contributed by atoms with Crippen molar-refractivity contribution in [3.05, 3.63) is 59.9 Å². The number of rotatable bonds is 3. The molecular weight excluding hydrogens is 280 g/mol. The Hall–Kier alpha value is -2.53. The second-order valence-corrected chi connectivity index (χ2v) is 5.19. The Morgan fingerprint density at radius 1 is 1.19 bits per heavy atom. The molecule has 3 N–H and O–H groups in total. The Bertz CT molecular complexity index is 824. The van der Waals surface area contributed by atoms with Gasteiger partial charge in [0.05, 0.1) is 11.2 Å². The third-order valence-electron chi connectivity index (χ3n) is 3.13. The maximum absolute atomic E-state index is 5.70. The molecule has 0 aliphatic rings. The van der Waals surface area contributed by atoms with Gasteiger partial charge in [0, 0.05) is 22.8 Å². The summed E-state index contributed by atoms with van der Waals surface area (Å²) in [4.78, 5) is 9.24. The number of nitrogens with one attached hydrogen (secondary N) is 1. The molecule has 0 aliphatic carbocycles. The Kier molecular flexibility index (Phi) is 3.50. The molecule has 104 valence electrons. The van der Waals surface area contributed by atoms with Crippen LogP contribution in [0.5, 0.6) is 0 Å². The molecule has 1 aromatic carbocycles. The minimum Gasteiger partial charge on any atom is -0.389 e. The van der Waals surface area contributed by atoms with Crippen molar-refractivity contribution in [3.63, 3.8) is 0 Å². The SMILES string of the molecule is Cc1cc(C(N)=S)cc(Nc2cccc3cccnc23)n1. The summed E-state index contributed by atoms with van der Waals surface area (Å²) in [6, 6.07) is 13.6. The predicted octanol–water partition coefficient (Wildman–Crippen LogP) is 3.32. The van der Waals surface area contributed by atoms with Gasteiger partial charge in [-0.15, -0.1) is 0 Å². The molecule has 0 aliphatic heterocycles. The number of nitrogens with zero attached hydrogens (tertiary/aromatic N) is 2. The third-order valence-corrected chi connectivity index (χ3v) is 3.37. The molecule has 0 bridgehead atoms. The summed E-state index contributed by atoms with van der Waals surface area (Å²) in [7, 11) is 0. The Labute approximate surface area is 128 Å². The zero-order valence-corrected chi connectivity index (χ0v) is 12.3. The molecule has 2 heterocycles. The van der Waals surface area contributed by atoms with E-state index in [9.17, 15) is 0 Å². The van der Waals surface area contributed by atoms with Crippen LogP contribution < -0.4 is 11.1 Å². The zero-order chi connectivity index (χ0) is 14.8. The molecule has 0 saturated heterocycles. The van der Waals surface area contributed by atoms with Crippen molar-refractivity contribution in [3.8, 4) is 0 Å². The molecule has 21 heavy (non-hydrogen) atoms. The highest BCUT2D eigenvalue weighted by molar-refractivity contribution is 7.80. The van der Waals surface area contributed by atoms with Gasteiger partial charge in [0.1, 0.15) is 10.8 Å². The summed E-state index contributed by atoms with van der Waals surface area (Å²) in [6.07, 6.45) is 1.78. The number of benzene rings is 1. The number of hydrogen-bond donors (Lipinski definition) is 2. The van der Waals surface area contributed by atoms with Crippen LogP contribution in [0.3, 0.4) is 0 Å². The quantitative estimate of drug-likeness (QED) is 0.726. The lowest BCUT2D eigenvalue weighted by molar-refractivity contribution is 1.19. The smallest absolute Gasteiger partial charge is 0.131 e. The summed E-state index contributed by atoms with van der Waals surface area (Å²) in [5.74, 6) is 0.705. The van der Waals surface area contributed by atoms with Crippen molar-refractivity contribution in [2.75, 3.05) is 5.32 Å². The maximum atomic E-state index is 5.70. The van der Waals surface area contributed by atoms with Crippen molar-refractivity contribution in [2.24, 2.45) is 5.73 Å². The van der Waals surface area contributed by atoms with Crippen LogP contribution in [0.25, 0.3) is 10.9 Å². The lowest BCUT2D eigenvalue weighted by Crippen LogP contribution is -2.10. The van der Waals surface area contributed by atoms with Crippen LogP contribution >= 0.6 is 12.2 Å². The molecule has 2 aromatic heterocycles. The van der Waals surface area contributed by atoms with E-state index in [2.05, 4.69) is 15.3 Å². The topological polar surface area (TPSA) is 63.8 Å². The average Bonchev–Trinajstić information content (AvgIpc) is 2.47. The van der Waals surface area contributed by atoms with Crippen molar-refractivity contribution in [1.82, 2.24) is 9.97 Å². The average molecular weight is 294 g/mol. The summed E-state index contributed by atoms with van der Waals surface area (Å²) < 4.78 is 0. The van der Waals surface area contributed by atoms with Crippen LogP contribution in [0.2, 0.25) is 0 Å². The zero-order valence-electron chi connectivity index (χ0n) is 11.5. The van der Waals surface area contributed by atoms with Crippen LogP contribution in [-0.2, 0) is 0 Å². The number of aryl methyl sites for hydroxylation is 1. The molecule has 0 fully saturated rings. The molecular formula is C16H14N4S. The van der Waals surface area contributed by atoms with E-state index < -0.39 is 0 Å². The van der Waals surface area contributed by atoms with Crippen LogP contribution in [0.1, 0.15) is 11.3 Å². The van der Waals surface area contributed by atoms with Gasteiger partial charge in [0.15, 0.2) is 0 Å². The van der Waals surface area contributed by atoms with Gasteiger partial charge in [-0.05, 0) is 31.2 Å². The van der Waals surface area contributed by atoms with Gasteiger partial charge in [-0.25, -0.2) is 4.98 Å². The first kappa shape index (κ1) is 13.5. The number of fused-ring (bicyclic) bond motifs is 1. The number of hydrogen-bond acceptors (Lipinski definition) is 4. The minimum atomic E-state index is 0.361. The lowest BCUT2D eigenvalue weighted by Gasteiger charge is -2.10. The summed E-state index contributed by atoms with van der Waals surface area (Å²) in [5.41, 5.74) is 9.16. The summed E-state index contributed by atoms with van der Waals surface area (Å²) in [6.45, 7) is 1.91. The molecule has 0 amide bonds. The van der Waals surface area contributed by atoms with E-state index in [-0.39, 0.29) is 0 Å². The molecule has 0 atom stereocenters. The molecule has 3 aromatic rings. The number of thiocarbonyl (C=S) groups is 1. The van der Waals surface area contributed by atoms with E-state index in [0.717, 1.165) is 27.8 Å². The highest BCUT2D eigenvalue weighted by atomic mass is 32.1. The Morgan fingerprint density at radius 3 is 2.81 bits per heavy atom. The van der Waals surface area contributed by atoms with Gasteiger partial charge in [-0.2, -0.15) is 0 Å². The van der Waals surface area contributed by atoms with E-state index in [0.29, 0.717) is 10.8 Å². The van der Waals surface area contributed by atoms with Crippen LogP contribution in [0.4, 0.5) is 11.5 Å². The summed E-state index contributed by atoms with van der Waals surface area (Å²) >= 11 is 5.03. The predicted molar refractivity (Wildman–Crippen MR) is 89.9 cm³/mol. The normalized spacial score (nSPS) is 10.5. The largest absolute Gasteiger partial charge is 0.389 e. The lowest BCUT2D eigenvalue weighted by atomic mass is 10.2. The molecule has 0 spiro atoms. The maximum Gasteiger partial charge on any atom is 0.131 e. The number of para-hydroxylation sites is 1. The monoisotopic (exact) mass is 294 g/mol. The van der Waals surface area contributed by atoms with Gasteiger partial charge in [0.2, 0.25) is 0 Å². The second-order valence-electron chi connectivity index (χ2n) is 4.75. The fourth-order valence-electron chi connectivity index (χ4n) is 2.22. The highest BCUT2D eigenvalue weighted by Gasteiger charge is 2.06. The fourth-order valence-corrected chi connectivity index (χ4v) is 2.34. The van der Waals surface area contributed by atoms with E-state index in [1.54, 1.807) is 6.20 Å². The molecule has 4 nitrogen and oxygen atoms in total. The number of pyridine rings is 2. The Balaban J connectivity index is 2.05. The number of nitrogens with two attached hydrogens (primary N) is 1. The fraction of sp³-hybridized carbons (Fsp3) is 0.0625.